The fraction of sp³-hybridized carbons (Fsp3) is 0.176. The van der Waals surface area contributed by atoms with E-state index >= 15 is 0 Å². The van der Waals surface area contributed by atoms with Gasteiger partial charge in [0.15, 0.2) is 12.3 Å². The second-order valence-corrected chi connectivity index (χ2v) is 10.1. The van der Waals surface area contributed by atoms with Crippen LogP contribution in [0.3, 0.4) is 0 Å². The van der Waals surface area contributed by atoms with Crippen LogP contribution < -0.4 is 5.73 Å². The number of para-hydroxylation sites is 1. The summed E-state index contributed by atoms with van der Waals surface area (Å²) in [6.07, 6.45) is 6.83. The molecule has 0 unspecified atom stereocenters. The molecule has 4 aromatic rings. The Balaban J connectivity index is 1.28. The molecule has 1 aromatic heterocycles. The summed E-state index contributed by atoms with van der Waals surface area (Å²) in [5, 5.41) is 0.842. The number of allylic oxidation sites excluding steroid dienone is 3. The minimum atomic E-state index is -0.321. The first-order chi connectivity index (χ1) is 18.8. The van der Waals surface area contributed by atoms with Crippen LogP contribution in [0.2, 0.25) is 0 Å². The minimum absolute atomic E-state index is 0.0128. The number of carbonyl (C=O) groups is 2. The predicted molar refractivity (Wildman–Crippen MR) is 157 cm³/mol. The molecule has 0 amide bonds. The molecule has 3 aromatic carbocycles. The van der Waals surface area contributed by atoms with Crippen molar-refractivity contribution in [1.29, 1.82) is 0 Å². The number of benzene rings is 3. The number of hydrogen-bond acceptors (Lipinski definition) is 4. The van der Waals surface area contributed by atoms with E-state index in [0.717, 1.165) is 52.6 Å². The summed E-state index contributed by atoms with van der Waals surface area (Å²) < 4.78 is 1.94. The Morgan fingerprint density at radius 3 is 2.62 bits per heavy atom. The molecule has 0 aliphatic heterocycles. The highest BCUT2D eigenvalue weighted by Crippen LogP contribution is 2.31. The van der Waals surface area contributed by atoms with Gasteiger partial charge in [0.05, 0.1) is 22.2 Å². The minimum Gasteiger partial charge on any atom is -0.396 e. The van der Waals surface area contributed by atoms with E-state index in [1.807, 2.05) is 41.8 Å². The standard InChI is InChI=1S/C34H32N3O2/c1-22-20-36-32-29(14-8-15-30(32)34(39)23(2)35)33(22)37(3)21-25-11-6-9-24(19-25)10-7-16-31(38)28-18-17-26-12-4-5-13-27(26)28/h4-6,8-9,11-15,18-20H,2-3,7,10,16-17,21,35H2,1H3/q+1. The SMILES string of the molecule is C=C(N)C(=O)c1cccc2c([N+](=C)Cc3cccc(CCCC(=O)C4=CCc5ccccc54)c3)c(C)cnc12. The van der Waals surface area contributed by atoms with Gasteiger partial charge in [0.2, 0.25) is 11.5 Å². The summed E-state index contributed by atoms with van der Waals surface area (Å²) in [6.45, 7) is 10.5. The third kappa shape index (κ3) is 5.34. The van der Waals surface area contributed by atoms with Crippen molar-refractivity contribution in [2.45, 2.75) is 39.2 Å². The Labute approximate surface area is 229 Å². The highest BCUT2D eigenvalue weighted by atomic mass is 16.1. The molecule has 0 fully saturated rings. The second-order valence-electron chi connectivity index (χ2n) is 10.1. The molecular weight excluding hydrogens is 482 g/mol. The van der Waals surface area contributed by atoms with Crippen LogP contribution >= 0.6 is 0 Å². The molecule has 1 heterocycles. The fourth-order valence-electron chi connectivity index (χ4n) is 5.40. The van der Waals surface area contributed by atoms with Crippen molar-refractivity contribution in [2.75, 3.05) is 0 Å². The highest BCUT2D eigenvalue weighted by molar-refractivity contribution is 6.22. The molecule has 0 saturated carbocycles. The van der Waals surface area contributed by atoms with E-state index in [1.54, 1.807) is 12.3 Å². The number of rotatable bonds is 10. The van der Waals surface area contributed by atoms with Crippen molar-refractivity contribution >= 4 is 40.4 Å². The molecule has 0 atom stereocenters. The summed E-state index contributed by atoms with van der Waals surface area (Å²) in [4.78, 5) is 30.0. The number of aryl methyl sites for hydroxylation is 2. The summed E-state index contributed by atoms with van der Waals surface area (Å²) >= 11 is 0. The van der Waals surface area contributed by atoms with Crippen LogP contribution in [-0.2, 0) is 24.2 Å². The molecule has 5 heteroatoms. The first-order valence-corrected chi connectivity index (χ1v) is 13.2. The molecule has 0 spiro atoms. The quantitative estimate of drug-likeness (QED) is 0.117. The number of carbonyl (C=O) groups excluding carboxylic acids is 2. The number of pyridine rings is 1. The van der Waals surface area contributed by atoms with E-state index in [9.17, 15) is 9.59 Å². The number of nitrogens with zero attached hydrogens (tertiary/aromatic N) is 2. The molecule has 39 heavy (non-hydrogen) atoms. The van der Waals surface area contributed by atoms with E-state index in [1.165, 1.54) is 11.1 Å². The highest BCUT2D eigenvalue weighted by Gasteiger charge is 2.22. The zero-order chi connectivity index (χ0) is 27.5. The van der Waals surface area contributed by atoms with Gasteiger partial charge in [-0.1, -0.05) is 61.2 Å². The van der Waals surface area contributed by atoms with Crippen LogP contribution in [0.25, 0.3) is 16.5 Å². The summed E-state index contributed by atoms with van der Waals surface area (Å²) in [5.41, 5.74) is 14.1. The maximum Gasteiger partial charge on any atom is 0.218 e. The average molecular weight is 515 g/mol. The third-order valence-electron chi connectivity index (χ3n) is 7.27. The molecule has 5 rings (SSSR count). The smallest absolute Gasteiger partial charge is 0.218 e. The van der Waals surface area contributed by atoms with Crippen LogP contribution in [0, 0.1) is 6.92 Å². The van der Waals surface area contributed by atoms with Crippen molar-refractivity contribution < 1.29 is 14.2 Å². The molecular formula is C34H32N3O2+. The third-order valence-corrected chi connectivity index (χ3v) is 7.27. The zero-order valence-corrected chi connectivity index (χ0v) is 22.2. The van der Waals surface area contributed by atoms with E-state index in [4.69, 9.17) is 5.73 Å². The summed E-state index contributed by atoms with van der Waals surface area (Å²) in [5.74, 6) is -0.103. The lowest BCUT2D eigenvalue weighted by Crippen LogP contribution is -2.12. The maximum absolute atomic E-state index is 12.9. The molecule has 0 radical (unpaired) electrons. The largest absolute Gasteiger partial charge is 0.396 e. The summed E-state index contributed by atoms with van der Waals surface area (Å²) in [7, 11) is 0. The van der Waals surface area contributed by atoms with Crippen molar-refractivity contribution in [3.63, 3.8) is 0 Å². The van der Waals surface area contributed by atoms with Gasteiger partial charge >= 0.3 is 0 Å². The lowest BCUT2D eigenvalue weighted by molar-refractivity contribution is -0.447. The van der Waals surface area contributed by atoms with Gasteiger partial charge in [0, 0.05) is 29.3 Å². The molecule has 2 N–H and O–H groups in total. The number of nitrogens with two attached hydrogens (primary N) is 1. The average Bonchev–Trinajstić information content (AvgIpc) is 3.36. The fourth-order valence-corrected chi connectivity index (χ4v) is 5.40. The molecule has 0 bridgehead atoms. The predicted octanol–water partition coefficient (Wildman–Crippen LogP) is 6.27. The number of Topliss-reactive ketones (excluding diaryl/α,β-unsaturated/α-hetero) is 2. The second kappa shape index (κ2) is 11.0. The Morgan fingerprint density at radius 1 is 1.03 bits per heavy atom. The van der Waals surface area contributed by atoms with Crippen LogP contribution in [0.5, 0.6) is 0 Å². The van der Waals surface area contributed by atoms with Crippen LogP contribution in [0.1, 0.15) is 51.0 Å². The number of fused-ring (bicyclic) bond motifs is 2. The first kappa shape index (κ1) is 26.0. The number of aromatic nitrogens is 1. The van der Waals surface area contributed by atoms with E-state index in [0.29, 0.717) is 24.0 Å². The molecule has 194 valence electrons. The maximum atomic E-state index is 12.9. The van der Waals surface area contributed by atoms with Crippen molar-refractivity contribution in [3.8, 4) is 0 Å². The van der Waals surface area contributed by atoms with Crippen molar-refractivity contribution in [3.05, 3.63) is 125 Å². The number of hydrogen-bond donors (Lipinski definition) is 1. The normalized spacial score (nSPS) is 12.2. The lowest BCUT2D eigenvalue weighted by Gasteiger charge is -2.11. The van der Waals surface area contributed by atoms with Gasteiger partial charge in [0.1, 0.15) is 6.72 Å². The van der Waals surface area contributed by atoms with Gasteiger partial charge in [-0.3, -0.25) is 14.6 Å². The van der Waals surface area contributed by atoms with Crippen molar-refractivity contribution in [2.24, 2.45) is 5.73 Å². The van der Waals surface area contributed by atoms with Crippen LogP contribution in [0.4, 0.5) is 5.69 Å². The van der Waals surface area contributed by atoms with Gasteiger partial charge in [-0.2, -0.15) is 0 Å². The van der Waals surface area contributed by atoms with Gasteiger partial charge in [0.25, 0.3) is 0 Å². The Hall–Kier alpha value is -4.64. The van der Waals surface area contributed by atoms with Gasteiger partial charge in [-0.25, -0.2) is 4.58 Å². The number of ketones is 2. The van der Waals surface area contributed by atoms with Crippen LogP contribution in [0.15, 0.2) is 91.3 Å². The van der Waals surface area contributed by atoms with Gasteiger partial charge in [-0.05, 0) is 61.1 Å². The lowest BCUT2D eigenvalue weighted by atomic mass is 9.98. The van der Waals surface area contributed by atoms with E-state index in [-0.39, 0.29) is 17.3 Å². The molecule has 1 aliphatic carbocycles. The zero-order valence-electron chi connectivity index (χ0n) is 22.2. The van der Waals surface area contributed by atoms with Crippen LogP contribution in [-0.4, -0.2) is 27.8 Å². The summed E-state index contributed by atoms with van der Waals surface area (Å²) in [6, 6.07) is 22.1. The first-order valence-electron chi connectivity index (χ1n) is 13.2. The monoisotopic (exact) mass is 514 g/mol. The Morgan fingerprint density at radius 2 is 1.79 bits per heavy atom. The van der Waals surface area contributed by atoms with E-state index < -0.39 is 0 Å². The molecule has 5 nitrogen and oxygen atoms in total. The topological polar surface area (TPSA) is 76.1 Å². The Kier molecular flexibility index (Phi) is 7.33. The van der Waals surface area contributed by atoms with Gasteiger partial charge in [-0.15, -0.1) is 0 Å². The molecule has 0 saturated heterocycles. The molecule has 1 aliphatic rings. The van der Waals surface area contributed by atoms with Crippen molar-refractivity contribution in [1.82, 2.24) is 4.98 Å². The van der Waals surface area contributed by atoms with E-state index in [2.05, 4.69) is 54.7 Å². The van der Waals surface area contributed by atoms with Gasteiger partial charge < -0.3 is 5.73 Å². The Bertz CT molecular complexity index is 1680.